The molecule has 1 aliphatic rings. The molecule has 5 heteroatoms. The molecule has 0 bridgehead atoms. The Morgan fingerprint density at radius 3 is 2.64 bits per heavy atom. The number of rotatable bonds is 5. The topological polar surface area (TPSA) is 50.8 Å². The van der Waals surface area contributed by atoms with Gasteiger partial charge < -0.3 is 4.74 Å². The van der Waals surface area contributed by atoms with Crippen LogP contribution < -0.4 is 10.6 Å². The first-order valence-electron chi connectivity index (χ1n) is 7.53. The summed E-state index contributed by atoms with van der Waals surface area (Å²) >= 11 is 1.71. The maximum absolute atomic E-state index is 5.91. The Labute approximate surface area is 135 Å². The molecule has 4 nitrogen and oxygen atoms in total. The lowest BCUT2D eigenvalue weighted by Crippen LogP contribution is -2.34. The van der Waals surface area contributed by atoms with Gasteiger partial charge in [0.05, 0.1) is 19.2 Å². The summed E-state index contributed by atoms with van der Waals surface area (Å²) in [5, 5.41) is 2.70. The van der Waals surface area contributed by atoms with Crippen molar-refractivity contribution in [2.24, 2.45) is 10.8 Å². The van der Waals surface area contributed by atoms with Crippen molar-refractivity contribution in [1.82, 2.24) is 5.01 Å². The van der Waals surface area contributed by atoms with Gasteiger partial charge >= 0.3 is 0 Å². The average molecular weight is 315 g/mol. The standard InChI is InChI=1S/C17H21N3OS/c1-12(2)21-16-8-7-15(22-16)11-13-3-5-14(6-4-13)17-19-9-10-20(17)18/h3-8,12H,9-11,18H2,1-2H3. The average Bonchev–Trinajstić information content (AvgIpc) is 3.08. The van der Waals surface area contributed by atoms with E-state index in [2.05, 4.69) is 35.3 Å². The van der Waals surface area contributed by atoms with Gasteiger partial charge in [0.2, 0.25) is 0 Å². The summed E-state index contributed by atoms with van der Waals surface area (Å²) in [6, 6.07) is 12.7. The molecule has 0 unspecified atom stereocenters. The van der Waals surface area contributed by atoms with Gasteiger partial charge in [-0.25, -0.2) is 5.84 Å². The van der Waals surface area contributed by atoms with Gasteiger partial charge in [0, 0.05) is 16.9 Å². The lowest BCUT2D eigenvalue weighted by Gasteiger charge is -2.13. The van der Waals surface area contributed by atoms with Crippen LogP contribution in [0.1, 0.15) is 29.9 Å². The zero-order valence-corrected chi connectivity index (χ0v) is 13.8. The molecule has 0 radical (unpaired) electrons. The van der Waals surface area contributed by atoms with Crippen LogP contribution in [0.2, 0.25) is 0 Å². The zero-order chi connectivity index (χ0) is 15.5. The quantitative estimate of drug-likeness (QED) is 0.863. The molecule has 1 aromatic carbocycles. The van der Waals surface area contributed by atoms with Crippen molar-refractivity contribution in [3.8, 4) is 5.06 Å². The van der Waals surface area contributed by atoms with Crippen molar-refractivity contribution >= 4 is 17.2 Å². The number of hydrogen-bond donors (Lipinski definition) is 1. The van der Waals surface area contributed by atoms with Gasteiger partial charge in [0.15, 0.2) is 5.06 Å². The molecule has 0 aliphatic carbocycles. The first-order chi connectivity index (χ1) is 10.6. The molecule has 116 valence electrons. The van der Waals surface area contributed by atoms with Gasteiger partial charge in [-0.15, -0.1) is 11.3 Å². The smallest absolute Gasteiger partial charge is 0.174 e. The van der Waals surface area contributed by atoms with Crippen LogP contribution in [0.5, 0.6) is 5.06 Å². The minimum atomic E-state index is 0.220. The summed E-state index contributed by atoms with van der Waals surface area (Å²) in [4.78, 5) is 5.74. The molecule has 0 spiro atoms. The lowest BCUT2D eigenvalue weighted by atomic mass is 10.1. The fourth-order valence-electron chi connectivity index (χ4n) is 2.44. The van der Waals surface area contributed by atoms with E-state index in [0.717, 1.165) is 36.0 Å². The first-order valence-corrected chi connectivity index (χ1v) is 8.35. The predicted molar refractivity (Wildman–Crippen MR) is 91.6 cm³/mol. The van der Waals surface area contributed by atoms with E-state index >= 15 is 0 Å². The summed E-state index contributed by atoms with van der Waals surface area (Å²) in [6.07, 6.45) is 1.14. The minimum absolute atomic E-state index is 0.220. The van der Waals surface area contributed by atoms with Crippen LogP contribution in [0.3, 0.4) is 0 Å². The normalized spacial score (nSPS) is 14.5. The molecule has 0 amide bonds. The Morgan fingerprint density at radius 1 is 1.23 bits per heavy atom. The van der Waals surface area contributed by atoms with E-state index in [0.29, 0.717) is 0 Å². The van der Waals surface area contributed by atoms with E-state index in [9.17, 15) is 0 Å². The summed E-state index contributed by atoms with van der Waals surface area (Å²) < 4.78 is 5.71. The third-order valence-corrected chi connectivity index (χ3v) is 4.43. The van der Waals surface area contributed by atoms with Crippen LogP contribution in [-0.4, -0.2) is 30.0 Å². The van der Waals surface area contributed by atoms with Gasteiger partial charge in [0.1, 0.15) is 5.84 Å². The van der Waals surface area contributed by atoms with Crippen LogP contribution in [0.25, 0.3) is 0 Å². The highest BCUT2D eigenvalue weighted by Crippen LogP contribution is 2.27. The second-order valence-electron chi connectivity index (χ2n) is 5.66. The maximum atomic E-state index is 5.91. The fourth-order valence-corrected chi connectivity index (χ4v) is 3.45. The van der Waals surface area contributed by atoms with Crippen molar-refractivity contribution < 1.29 is 4.74 Å². The number of nitrogens with two attached hydrogens (primary N) is 1. The number of hydrogen-bond acceptors (Lipinski definition) is 5. The van der Waals surface area contributed by atoms with Crippen molar-refractivity contribution in [2.45, 2.75) is 26.4 Å². The van der Waals surface area contributed by atoms with E-state index in [1.165, 1.54) is 10.4 Å². The maximum Gasteiger partial charge on any atom is 0.174 e. The molecule has 2 aromatic rings. The molecule has 2 N–H and O–H groups in total. The molecule has 0 atom stereocenters. The Balaban J connectivity index is 1.67. The van der Waals surface area contributed by atoms with Crippen LogP contribution >= 0.6 is 11.3 Å². The predicted octanol–water partition coefficient (Wildman–Crippen LogP) is 3.06. The van der Waals surface area contributed by atoms with Crippen molar-refractivity contribution in [2.75, 3.05) is 13.1 Å². The molecule has 3 rings (SSSR count). The monoisotopic (exact) mass is 315 g/mol. The third-order valence-electron chi connectivity index (χ3n) is 3.45. The number of nitrogens with zero attached hydrogens (tertiary/aromatic N) is 2. The fraction of sp³-hybridized carbons (Fsp3) is 0.353. The van der Waals surface area contributed by atoms with Gasteiger partial charge in [-0.1, -0.05) is 24.3 Å². The molecule has 0 saturated heterocycles. The van der Waals surface area contributed by atoms with Crippen LogP contribution in [0.4, 0.5) is 0 Å². The molecule has 22 heavy (non-hydrogen) atoms. The molecule has 0 fully saturated rings. The Hall–Kier alpha value is -1.85. The Kier molecular flexibility index (Phi) is 4.45. The van der Waals surface area contributed by atoms with Crippen LogP contribution in [-0.2, 0) is 6.42 Å². The highest BCUT2D eigenvalue weighted by atomic mass is 32.1. The van der Waals surface area contributed by atoms with Gasteiger partial charge in [-0.05, 0) is 31.5 Å². The van der Waals surface area contributed by atoms with Crippen LogP contribution in [0.15, 0.2) is 41.4 Å². The molecular formula is C17H21N3OS. The third kappa shape index (κ3) is 3.48. The summed E-state index contributed by atoms with van der Waals surface area (Å²) in [6.45, 7) is 5.67. The number of amidine groups is 1. The Bertz CT molecular complexity index is 661. The highest BCUT2D eigenvalue weighted by Gasteiger charge is 2.14. The molecular weight excluding hydrogens is 294 g/mol. The molecule has 1 aliphatic heterocycles. The van der Waals surface area contributed by atoms with E-state index in [1.54, 1.807) is 16.3 Å². The van der Waals surface area contributed by atoms with Crippen molar-refractivity contribution in [3.63, 3.8) is 0 Å². The zero-order valence-electron chi connectivity index (χ0n) is 13.0. The number of aliphatic imine (C=N–C) groups is 1. The number of thiophene rings is 1. The highest BCUT2D eigenvalue weighted by molar-refractivity contribution is 7.13. The summed E-state index contributed by atoms with van der Waals surface area (Å²) in [5.41, 5.74) is 2.36. The van der Waals surface area contributed by atoms with E-state index in [-0.39, 0.29) is 6.10 Å². The van der Waals surface area contributed by atoms with Crippen LogP contribution in [0, 0.1) is 0 Å². The summed E-state index contributed by atoms with van der Waals surface area (Å²) in [7, 11) is 0. The van der Waals surface area contributed by atoms with Crippen molar-refractivity contribution in [1.29, 1.82) is 0 Å². The number of hydrazine groups is 1. The second kappa shape index (κ2) is 6.50. The van der Waals surface area contributed by atoms with Crippen molar-refractivity contribution in [3.05, 3.63) is 52.4 Å². The second-order valence-corrected chi connectivity index (χ2v) is 6.79. The van der Waals surface area contributed by atoms with Gasteiger partial charge in [-0.3, -0.25) is 10.0 Å². The lowest BCUT2D eigenvalue weighted by molar-refractivity contribution is 0.250. The first kappa shape index (κ1) is 15.1. The van der Waals surface area contributed by atoms with E-state index < -0.39 is 0 Å². The van der Waals surface area contributed by atoms with Gasteiger partial charge in [0.25, 0.3) is 0 Å². The SMILES string of the molecule is CC(C)Oc1ccc(Cc2ccc(C3=NCCN3N)cc2)s1. The van der Waals surface area contributed by atoms with E-state index in [1.807, 2.05) is 19.9 Å². The Morgan fingerprint density at radius 2 is 2.00 bits per heavy atom. The number of ether oxygens (including phenoxy) is 1. The van der Waals surface area contributed by atoms with Gasteiger partial charge in [-0.2, -0.15) is 0 Å². The molecule has 0 saturated carbocycles. The minimum Gasteiger partial charge on any atom is -0.481 e. The molecule has 2 heterocycles. The number of benzene rings is 1. The van der Waals surface area contributed by atoms with E-state index in [4.69, 9.17) is 10.6 Å². The molecule has 1 aromatic heterocycles. The largest absolute Gasteiger partial charge is 0.481 e. The summed E-state index contributed by atoms with van der Waals surface area (Å²) in [5.74, 6) is 6.79.